The van der Waals surface area contributed by atoms with Gasteiger partial charge in [0.2, 0.25) is 0 Å². The molecule has 0 radical (unpaired) electrons. The zero-order valence-electron chi connectivity index (χ0n) is 10.3. The number of hydrogen-bond donors (Lipinski definition) is 2. The molecule has 0 saturated heterocycles. The highest BCUT2D eigenvalue weighted by Gasteiger charge is 2.31. The lowest BCUT2D eigenvalue weighted by Gasteiger charge is -2.22. The maximum atomic E-state index is 11.4. The van der Waals surface area contributed by atoms with Crippen molar-refractivity contribution >= 4 is 12.1 Å². The summed E-state index contributed by atoms with van der Waals surface area (Å²) in [4.78, 5) is 22.7. The number of carbonyl (C=O) groups excluding carboxylic acids is 2. The Morgan fingerprint density at radius 3 is 2.50 bits per heavy atom. The van der Waals surface area contributed by atoms with Crippen LogP contribution in [0, 0.1) is 0 Å². The Labute approximate surface area is 105 Å². The number of esters is 1. The van der Waals surface area contributed by atoms with E-state index in [0.29, 0.717) is 0 Å². The van der Waals surface area contributed by atoms with Crippen LogP contribution in [0.4, 0.5) is 4.79 Å². The van der Waals surface area contributed by atoms with Gasteiger partial charge in [0.1, 0.15) is 6.61 Å². The lowest BCUT2D eigenvalue weighted by Crippen LogP contribution is -2.59. The molecule has 0 aromatic heterocycles. The van der Waals surface area contributed by atoms with Gasteiger partial charge in [-0.3, -0.25) is 11.1 Å². The van der Waals surface area contributed by atoms with E-state index in [0.717, 1.165) is 5.56 Å². The smallest absolute Gasteiger partial charge is 0.409 e. The van der Waals surface area contributed by atoms with Crippen LogP contribution in [0.3, 0.4) is 0 Å². The molecule has 0 aliphatic carbocycles. The first-order valence-corrected chi connectivity index (χ1v) is 5.32. The fourth-order valence-electron chi connectivity index (χ4n) is 1.23. The number of methoxy groups -OCH3 is 1. The first kappa shape index (κ1) is 14.0. The van der Waals surface area contributed by atoms with Crippen molar-refractivity contribution in [2.75, 3.05) is 7.11 Å². The van der Waals surface area contributed by atoms with Crippen molar-refractivity contribution in [3.63, 3.8) is 0 Å². The van der Waals surface area contributed by atoms with E-state index in [4.69, 9.17) is 10.5 Å². The minimum Gasteiger partial charge on any atom is -0.466 e. The van der Waals surface area contributed by atoms with E-state index in [9.17, 15) is 9.59 Å². The summed E-state index contributed by atoms with van der Waals surface area (Å²) in [7, 11) is 1.18. The molecule has 0 aliphatic heterocycles. The fraction of sp³-hybridized carbons (Fsp3) is 0.333. The Morgan fingerprint density at radius 1 is 1.33 bits per heavy atom. The second kappa shape index (κ2) is 6.02. The number of carbonyl (C=O) groups is 2. The number of nitrogens with two attached hydrogens (primary N) is 1. The van der Waals surface area contributed by atoms with Crippen molar-refractivity contribution in [1.29, 1.82) is 0 Å². The van der Waals surface area contributed by atoms with Crippen molar-refractivity contribution in [1.82, 2.24) is 5.32 Å². The molecule has 1 aromatic rings. The van der Waals surface area contributed by atoms with Gasteiger partial charge in [0, 0.05) is 0 Å². The number of rotatable bonds is 4. The van der Waals surface area contributed by atoms with Crippen LogP contribution in [0.2, 0.25) is 0 Å². The summed E-state index contributed by atoms with van der Waals surface area (Å²) >= 11 is 0. The van der Waals surface area contributed by atoms with Crippen molar-refractivity contribution in [3.05, 3.63) is 35.9 Å². The molecule has 0 spiro atoms. The van der Waals surface area contributed by atoms with Gasteiger partial charge in [-0.2, -0.15) is 0 Å². The Hall–Kier alpha value is -2.08. The summed E-state index contributed by atoms with van der Waals surface area (Å²) in [5.74, 6) is -0.751. The van der Waals surface area contributed by atoms with Gasteiger partial charge < -0.3 is 9.47 Å². The molecule has 1 amide bonds. The quantitative estimate of drug-likeness (QED) is 0.610. The van der Waals surface area contributed by atoms with Gasteiger partial charge in [0.05, 0.1) is 7.11 Å². The highest BCUT2D eigenvalue weighted by molar-refractivity contribution is 5.84. The van der Waals surface area contributed by atoms with Crippen LogP contribution in [0.25, 0.3) is 0 Å². The lowest BCUT2D eigenvalue weighted by atomic mass is 10.2. The van der Waals surface area contributed by atoms with E-state index < -0.39 is 17.7 Å². The molecule has 0 aliphatic rings. The van der Waals surface area contributed by atoms with Crippen molar-refractivity contribution < 1.29 is 19.1 Å². The van der Waals surface area contributed by atoms with Crippen LogP contribution in [-0.4, -0.2) is 24.8 Å². The minimum atomic E-state index is -1.61. The van der Waals surface area contributed by atoms with Crippen LogP contribution >= 0.6 is 0 Å². The van der Waals surface area contributed by atoms with E-state index in [1.165, 1.54) is 14.0 Å². The van der Waals surface area contributed by atoms with E-state index in [1.807, 2.05) is 30.3 Å². The lowest BCUT2D eigenvalue weighted by molar-refractivity contribution is -0.147. The molecule has 98 valence electrons. The number of hydrogen-bond acceptors (Lipinski definition) is 5. The number of amides is 1. The van der Waals surface area contributed by atoms with E-state index in [1.54, 1.807) is 0 Å². The Morgan fingerprint density at radius 2 is 1.94 bits per heavy atom. The van der Waals surface area contributed by atoms with Crippen molar-refractivity contribution in [2.45, 2.75) is 19.2 Å². The highest BCUT2D eigenvalue weighted by atomic mass is 16.6. The highest BCUT2D eigenvalue weighted by Crippen LogP contribution is 2.02. The predicted octanol–water partition coefficient (Wildman–Crippen LogP) is 0.761. The second-order valence-corrected chi connectivity index (χ2v) is 3.88. The van der Waals surface area contributed by atoms with Gasteiger partial charge in [0.25, 0.3) is 0 Å². The van der Waals surface area contributed by atoms with Crippen LogP contribution in [0.15, 0.2) is 30.3 Å². The minimum absolute atomic E-state index is 0.101. The van der Waals surface area contributed by atoms with Gasteiger partial charge >= 0.3 is 12.1 Å². The van der Waals surface area contributed by atoms with Gasteiger partial charge in [-0.15, -0.1) is 0 Å². The molecule has 0 fully saturated rings. The largest absolute Gasteiger partial charge is 0.466 e. The number of benzene rings is 1. The summed E-state index contributed by atoms with van der Waals surface area (Å²) in [6.45, 7) is 1.42. The summed E-state index contributed by atoms with van der Waals surface area (Å²) in [5.41, 5.74) is 4.78. The van der Waals surface area contributed by atoms with E-state index in [-0.39, 0.29) is 6.61 Å². The van der Waals surface area contributed by atoms with Gasteiger partial charge in [-0.05, 0) is 12.5 Å². The number of alkyl carbamates (subject to hydrolysis) is 1. The summed E-state index contributed by atoms with van der Waals surface area (Å²) < 4.78 is 9.37. The average Bonchev–Trinajstić information content (AvgIpc) is 2.36. The third-order valence-electron chi connectivity index (χ3n) is 2.18. The molecule has 0 bridgehead atoms. The summed E-state index contributed by atoms with van der Waals surface area (Å²) in [6, 6.07) is 9.15. The van der Waals surface area contributed by atoms with Crippen molar-refractivity contribution in [3.8, 4) is 0 Å². The number of ether oxygens (including phenoxy) is 2. The van der Waals surface area contributed by atoms with Crippen LogP contribution in [0.5, 0.6) is 0 Å². The third-order valence-corrected chi connectivity index (χ3v) is 2.18. The molecule has 1 aromatic carbocycles. The maximum Gasteiger partial charge on any atom is 0.409 e. The molecule has 3 N–H and O–H groups in total. The zero-order valence-corrected chi connectivity index (χ0v) is 10.3. The molecular weight excluding hydrogens is 236 g/mol. The van der Waals surface area contributed by atoms with Gasteiger partial charge in [-0.1, -0.05) is 30.3 Å². The van der Waals surface area contributed by atoms with Gasteiger partial charge in [0.15, 0.2) is 5.66 Å². The standard InChI is InChI=1S/C12H16N2O4/c1-12(13,10(15)17-2)14-11(16)18-8-9-6-4-3-5-7-9/h3-7H,8,13H2,1-2H3,(H,14,16)/t12-/m0/s1. The first-order chi connectivity index (χ1) is 8.45. The monoisotopic (exact) mass is 252 g/mol. The molecule has 6 heteroatoms. The molecule has 18 heavy (non-hydrogen) atoms. The Kier molecular flexibility index (Phi) is 4.67. The normalized spacial score (nSPS) is 13.3. The molecule has 0 heterocycles. The van der Waals surface area contributed by atoms with Crippen molar-refractivity contribution in [2.24, 2.45) is 5.73 Å². The van der Waals surface area contributed by atoms with Crippen LogP contribution in [0.1, 0.15) is 12.5 Å². The zero-order chi connectivity index (χ0) is 13.6. The average molecular weight is 252 g/mol. The third kappa shape index (κ3) is 4.06. The Balaban J connectivity index is 2.45. The maximum absolute atomic E-state index is 11.4. The molecule has 1 atom stereocenters. The molecule has 0 saturated carbocycles. The molecular formula is C12H16N2O4. The van der Waals surface area contributed by atoms with E-state index >= 15 is 0 Å². The second-order valence-electron chi connectivity index (χ2n) is 3.88. The molecule has 6 nitrogen and oxygen atoms in total. The summed E-state index contributed by atoms with van der Waals surface area (Å²) in [5, 5.41) is 2.22. The fourth-order valence-corrected chi connectivity index (χ4v) is 1.23. The van der Waals surface area contributed by atoms with Crippen LogP contribution < -0.4 is 11.1 Å². The summed E-state index contributed by atoms with van der Waals surface area (Å²) in [6.07, 6.45) is -0.783. The molecule has 1 rings (SSSR count). The first-order valence-electron chi connectivity index (χ1n) is 5.32. The topological polar surface area (TPSA) is 90.6 Å². The predicted molar refractivity (Wildman–Crippen MR) is 64.4 cm³/mol. The Bertz CT molecular complexity index is 417. The number of nitrogens with one attached hydrogen (secondary N) is 1. The van der Waals surface area contributed by atoms with E-state index in [2.05, 4.69) is 10.1 Å². The SMILES string of the molecule is COC(=O)[C@@](C)(N)NC(=O)OCc1ccccc1. The van der Waals surface area contributed by atoms with Crippen LogP contribution in [-0.2, 0) is 20.9 Å². The molecule has 0 unspecified atom stereocenters. The van der Waals surface area contributed by atoms with Gasteiger partial charge in [-0.25, -0.2) is 9.59 Å².